The predicted octanol–water partition coefficient (Wildman–Crippen LogP) is 0.897. The Balaban J connectivity index is 2.79. The molecular formula is C8H9NO5. The molecule has 0 fully saturated rings. The van der Waals surface area contributed by atoms with Gasteiger partial charge in [0.2, 0.25) is 0 Å². The Bertz CT molecular complexity index is 325. The van der Waals surface area contributed by atoms with Crippen molar-refractivity contribution in [3.05, 3.63) is 35.4 Å². The van der Waals surface area contributed by atoms with Crippen LogP contribution in [0.1, 0.15) is 15.9 Å². The lowest BCUT2D eigenvalue weighted by atomic mass is 10.1. The highest BCUT2D eigenvalue weighted by Gasteiger charge is 2.09. The van der Waals surface area contributed by atoms with Crippen molar-refractivity contribution in [1.29, 1.82) is 0 Å². The largest absolute Gasteiger partial charge is 0.478 e. The summed E-state index contributed by atoms with van der Waals surface area (Å²) in [5, 5.41) is 24.8. The summed E-state index contributed by atoms with van der Waals surface area (Å²) in [5.74, 6) is -1.09. The number of nitrogens with zero attached hydrogens (tertiary/aromatic N) is 1. The van der Waals surface area contributed by atoms with Crippen molar-refractivity contribution in [2.24, 2.45) is 0 Å². The van der Waals surface area contributed by atoms with Gasteiger partial charge in [0.15, 0.2) is 0 Å². The van der Waals surface area contributed by atoms with E-state index >= 15 is 0 Å². The first-order valence-electron chi connectivity index (χ1n) is 3.73. The normalized spacial score (nSPS) is 10.5. The molecule has 14 heavy (non-hydrogen) atoms. The average Bonchev–Trinajstić information content (AvgIpc) is 2.15. The van der Waals surface area contributed by atoms with E-state index in [1.54, 1.807) is 12.1 Å². The third-order valence-electron chi connectivity index (χ3n) is 1.58. The summed E-state index contributed by atoms with van der Waals surface area (Å²) >= 11 is 0. The Labute approximate surface area is 79.4 Å². The van der Waals surface area contributed by atoms with Crippen molar-refractivity contribution < 1.29 is 25.2 Å². The van der Waals surface area contributed by atoms with Crippen LogP contribution in [0, 0.1) is 0 Å². The first-order valence-corrected chi connectivity index (χ1v) is 3.73. The molecule has 0 heterocycles. The molecule has 0 aromatic heterocycles. The van der Waals surface area contributed by atoms with E-state index in [4.69, 9.17) is 15.5 Å². The highest BCUT2D eigenvalue weighted by molar-refractivity contribution is 5.89. The van der Waals surface area contributed by atoms with Gasteiger partial charge in [-0.3, -0.25) is 10.4 Å². The number of hydrogen-bond acceptors (Lipinski definition) is 5. The Morgan fingerprint density at radius 3 is 2.57 bits per heavy atom. The van der Waals surface area contributed by atoms with Crippen molar-refractivity contribution in [2.45, 2.75) is 6.61 Å². The molecular weight excluding hydrogens is 190 g/mol. The van der Waals surface area contributed by atoms with E-state index in [1.807, 2.05) is 0 Å². The lowest BCUT2D eigenvalue weighted by Crippen LogP contribution is -2.15. The Kier molecular flexibility index (Phi) is 3.55. The molecule has 3 N–H and O–H groups in total. The molecule has 0 bridgehead atoms. The lowest BCUT2D eigenvalue weighted by molar-refractivity contribution is -0.497. The maximum absolute atomic E-state index is 10.7. The fourth-order valence-corrected chi connectivity index (χ4v) is 0.982. The highest BCUT2D eigenvalue weighted by Crippen LogP contribution is 2.10. The van der Waals surface area contributed by atoms with Crippen LogP contribution in [0.2, 0.25) is 0 Å². The summed E-state index contributed by atoms with van der Waals surface area (Å²) in [4.78, 5) is 15.0. The summed E-state index contributed by atoms with van der Waals surface area (Å²) < 4.78 is 0. The molecule has 0 spiro atoms. The molecule has 0 amide bonds. The fraction of sp³-hybridized carbons (Fsp3) is 0.125. The topological polar surface area (TPSA) is 90.2 Å². The van der Waals surface area contributed by atoms with Crippen LogP contribution in [0.3, 0.4) is 0 Å². The van der Waals surface area contributed by atoms with E-state index in [0.717, 1.165) is 0 Å². The molecule has 0 radical (unpaired) electrons. The number of carbonyl (C=O) groups is 1. The van der Waals surface area contributed by atoms with Gasteiger partial charge in [-0.2, -0.15) is 0 Å². The first kappa shape index (κ1) is 10.6. The van der Waals surface area contributed by atoms with Gasteiger partial charge in [0.1, 0.15) is 0 Å². The molecule has 1 rings (SSSR count). The van der Waals surface area contributed by atoms with Gasteiger partial charge in [0.05, 0.1) is 17.6 Å². The Morgan fingerprint density at radius 1 is 1.36 bits per heavy atom. The van der Waals surface area contributed by atoms with Crippen LogP contribution in [0.4, 0.5) is 0 Å². The molecule has 0 saturated heterocycles. The summed E-state index contributed by atoms with van der Waals surface area (Å²) in [5.41, 5.74) is 0.419. The van der Waals surface area contributed by atoms with E-state index in [0.29, 0.717) is 5.56 Å². The van der Waals surface area contributed by atoms with Gasteiger partial charge < -0.3 is 5.11 Å². The minimum atomic E-state index is -1.09. The van der Waals surface area contributed by atoms with Crippen LogP contribution in [-0.4, -0.2) is 26.9 Å². The molecule has 76 valence electrons. The van der Waals surface area contributed by atoms with Crippen molar-refractivity contribution in [3.8, 4) is 0 Å². The van der Waals surface area contributed by atoms with Crippen molar-refractivity contribution in [3.63, 3.8) is 0 Å². The van der Waals surface area contributed by atoms with Gasteiger partial charge in [0, 0.05) is 0 Å². The van der Waals surface area contributed by atoms with Gasteiger partial charge >= 0.3 is 5.97 Å². The van der Waals surface area contributed by atoms with Crippen molar-refractivity contribution >= 4 is 5.97 Å². The van der Waals surface area contributed by atoms with E-state index in [-0.39, 0.29) is 12.2 Å². The lowest BCUT2D eigenvalue weighted by Gasteiger charge is -2.08. The summed E-state index contributed by atoms with van der Waals surface area (Å²) in [6.07, 6.45) is 0. The standard InChI is InChI=1S/C8H9NO5/c10-8(11)7-4-2-1-3-6(7)5-14-9(12)13/h1-4,12-13H,5H2,(H,10,11). The fourth-order valence-electron chi connectivity index (χ4n) is 0.982. The van der Waals surface area contributed by atoms with E-state index in [1.165, 1.54) is 12.1 Å². The summed E-state index contributed by atoms with van der Waals surface area (Å²) in [7, 11) is 0. The maximum Gasteiger partial charge on any atom is 0.336 e. The Morgan fingerprint density at radius 2 is 2.00 bits per heavy atom. The van der Waals surface area contributed by atoms with Crippen LogP contribution in [0.25, 0.3) is 0 Å². The predicted molar refractivity (Wildman–Crippen MR) is 43.6 cm³/mol. The number of carboxylic acid groups (broad SMARTS) is 1. The molecule has 0 saturated carbocycles. The van der Waals surface area contributed by atoms with Gasteiger partial charge in [-0.25, -0.2) is 9.63 Å². The molecule has 0 unspecified atom stereocenters. The second-order valence-electron chi connectivity index (χ2n) is 2.49. The zero-order chi connectivity index (χ0) is 10.6. The van der Waals surface area contributed by atoms with Crippen LogP contribution in [0.15, 0.2) is 24.3 Å². The van der Waals surface area contributed by atoms with Crippen molar-refractivity contribution in [1.82, 2.24) is 5.39 Å². The second kappa shape index (κ2) is 4.68. The SMILES string of the molecule is O=C(O)c1ccccc1CON(O)O. The van der Waals surface area contributed by atoms with Crippen LogP contribution in [0.5, 0.6) is 0 Å². The van der Waals surface area contributed by atoms with Gasteiger partial charge in [-0.1, -0.05) is 18.2 Å². The minimum absolute atomic E-state index is 0.0642. The van der Waals surface area contributed by atoms with E-state index in [9.17, 15) is 4.79 Å². The van der Waals surface area contributed by atoms with Gasteiger partial charge in [0.25, 0.3) is 0 Å². The molecule has 0 aliphatic carbocycles. The number of hydrogen-bond donors (Lipinski definition) is 3. The molecule has 1 aromatic rings. The molecule has 0 aliphatic rings. The summed E-state index contributed by atoms with van der Waals surface area (Å²) in [6.45, 7) is -0.227. The van der Waals surface area contributed by atoms with E-state index < -0.39 is 11.4 Å². The zero-order valence-electron chi connectivity index (χ0n) is 7.12. The minimum Gasteiger partial charge on any atom is -0.478 e. The maximum atomic E-state index is 10.7. The monoisotopic (exact) mass is 199 g/mol. The molecule has 0 aliphatic heterocycles. The van der Waals surface area contributed by atoms with Gasteiger partial charge in [-0.05, 0) is 11.6 Å². The Hall–Kier alpha value is -1.47. The summed E-state index contributed by atoms with van der Waals surface area (Å²) in [6, 6.07) is 6.12. The molecule has 6 nitrogen and oxygen atoms in total. The van der Waals surface area contributed by atoms with Gasteiger partial charge in [-0.15, -0.1) is 0 Å². The van der Waals surface area contributed by atoms with Crippen LogP contribution >= 0.6 is 0 Å². The highest BCUT2D eigenvalue weighted by atomic mass is 17.1. The van der Waals surface area contributed by atoms with Crippen LogP contribution in [-0.2, 0) is 11.4 Å². The second-order valence-corrected chi connectivity index (χ2v) is 2.49. The average molecular weight is 199 g/mol. The quantitative estimate of drug-likeness (QED) is 0.624. The molecule has 6 heteroatoms. The number of aromatic carboxylic acids is 1. The third kappa shape index (κ3) is 2.79. The smallest absolute Gasteiger partial charge is 0.336 e. The molecule has 1 aromatic carbocycles. The van der Waals surface area contributed by atoms with Crippen molar-refractivity contribution in [2.75, 3.05) is 0 Å². The zero-order valence-corrected chi connectivity index (χ0v) is 7.12. The third-order valence-corrected chi connectivity index (χ3v) is 1.58. The number of rotatable bonds is 4. The number of benzene rings is 1. The first-order chi connectivity index (χ1) is 6.61. The molecule has 0 atom stereocenters. The van der Waals surface area contributed by atoms with Crippen LogP contribution < -0.4 is 0 Å². The van der Waals surface area contributed by atoms with E-state index in [2.05, 4.69) is 4.84 Å². The number of carboxylic acids is 1.